The Kier molecular flexibility index (Phi) is 3.05. The van der Waals surface area contributed by atoms with Gasteiger partial charge >= 0.3 is 0 Å². The Labute approximate surface area is 93.4 Å². The minimum atomic E-state index is 0.585. The molecule has 0 spiro atoms. The average Bonchev–Trinajstić information content (AvgIpc) is 2.73. The summed E-state index contributed by atoms with van der Waals surface area (Å²) in [5.74, 6) is 1.39. The van der Waals surface area contributed by atoms with Crippen LogP contribution in [-0.4, -0.2) is 17.3 Å². The number of hydrogen-bond donors (Lipinski definition) is 1. The quantitative estimate of drug-likeness (QED) is 0.852. The Hall–Kier alpha value is -2.04. The van der Waals surface area contributed by atoms with Crippen LogP contribution >= 0.6 is 0 Å². The van der Waals surface area contributed by atoms with Gasteiger partial charge in [0, 0.05) is 24.0 Å². The van der Waals surface area contributed by atoms with E-state index in [2.05, 4.69) is 15.5 Å². The summed E-state index contributed by atoms with van der Waals surface area (Å²) in [6.45, 7) is 2.48. The molecule has 0 fully saturated rings. The van der Waals surface area contributed by atoms with Crippen LogP contribution in [0.1, 0.15) is 11.5 Å². The number of aromatic nitrogens is 2. The highest BCUT2D eigenvalue weighted by atomic mass is 16.5. The maximum absolute atomic E-state index is 5.03. The molecule has 0 aliphatic heterocycles. The van der Waals surface area contributed by atoms with Crippen molar-refractivity contribution in [3.63, 3.8) is 0 Å². The van der Waals surface area contributed by atoms with E-state index in [1.165, 1.54) is 0 Å². The van der Waals surface area contributed by atoms with Crippen LogP contribution < -0.4 is 10.1 Å². The van der Waals surface area contributed by atoms with Crippen molar-refractivity contribution in [3.05, 3.63) is 35.9 Å². The maximum atomic E-state index is 5.03. The second-order valence-electron chi connectivity index (χ2n) is 3.37. The second-order valence-corrected chi connectivity index (χ2v) is 3.37. The van der Waals surface area contributed by atoms with Gasteiger partial charge in [-0.2, -0.15) is 0 Å². The molecule has 0 atom stereocenters. The summed E-state index contributed by atoms with van der Waals surface area (Å²) in [4.78, 5) is 4.02. The number of nitrogens with one attached hydrogen (secondary N) is 1. The van der Waals surface area contributed by atoms with Gasteiger partial charge < -0.3 is 14.6 Å². The molecule has 2 rings (SSSR count). The lowest BCUT2D eigenvalue weighted by Gasteiger charge is -2.04. The van der Waals surface area contributed by atoms with Crippen molar-refractivity contribution >= 4 is 5.69 Å². The molecule has 0 saturated heterocycles. The number of aryl methyl sites for hydroxylation is 1. The lowest BCUT2D eigenvalue weighted by molar-refractivity contribution is 0.391. The topological polar surface area (TPSA) is 60.2 Å². The summed E-state index contributed by atoms with van der Waals surface area (Å²) in [5.41, 5.74) is 1.81. The van der Waals surface area contributed by atoms with Gasteiger partial charge in [0.05, 0.1) is 13.7 Å². The Bertz CT molecular complexity index is 468. The molecule has 84 valence electrons. The van der Waals surface area contributed by atoms with Crippen molar-refractivity contribution < 1.29 is 9.26 Å². The first kappa shape index (κ1) is 10.5. The van der Waals surface area contributed by atoms with Crippen LogP contribution in [0.2, 0.25) is 0 Å². The first-order valence-electron chi connectivity index (χ1n) is 4.94. The smallest absolute Gasteiger partial charge is 0.214 e. The minimum Gasteiger partial charge on any atom is -0.481 e. The SMILES string of the molecule is COc1cc(NCc2cc(C)on2)ccn1. The monoisotopic (exact) mass is 219 g/mol. The van der Waals surface area contributed by atoms with Crippen LogP contribution in [0.3, 0.4) is 0 Å². The van der Waals surface area contributed by atoms with Crippen molar-refractivity contribution in [2.45, 2.75) is 13.5 Å². The zero-order valence-electron chi connectivity index (χ0n) is 9.23. The third kappa shape index (κ3) is 2.50. The highest BCUT2D eigenvalue weighted by molar-refractivity contribution is 5.45. The zero-order chi connectivity index (χ0) is 11.4. The Morgan fingerprint density at radius 1 is 1.44 bits per heavy atom. The highest BCUT2D eigenvalue weighted by Crippen LogP contribution is 2.14. The predicted octanol–water partition coefficient (Wildman–Crippen LogP) is 2.00. The van der Waals surface area contributed by atoms with E-state index in [0.717, 1.165) is 17.1 Å². The molecule has 5 nitrogen and oxygen atoms in total. The van der Waals surface area contributed by atoms with Gasteiger partial charge in [-0.05, 0) is 13.0 Å². The maximum Gasteiger partial charge on any atom is 0.214 e. The molecule has 0 aliphatic rings. The minimum absolute atomic E-state index is 0.585. The number of rotatable bonds is 4. The van der Waals surface area contributed by atoms with Gasteiger partial charge in [0.2, 0.25) is 5.88 Å². The molecular weight excluding hydrogens is 206 g/mol. The van der Waals surface area contributed by atoms with E-state index in [-0.39, 0.29) is 0 Å². The average molecular weight is 219 g/mol. The van der Waals surface area contributed by atoms with Crippen LogP contribution in [0, 0.1) is 6.92 Å². The van der Waals surface area contributed by atoms with Crippen LogP contribution in [0.5, 0.6) is 5.88 Å². The largest absolute Gasteiger partial charge is 0.481 e. The van der Waals surface area contributed by atoms with Gasteiger partial charge in [0.25, 0.3) is 0 Å². The van der Waals surface area contributed by atoms with E-state index in [4.69, 9.17) is 9.26 Å². The summed E-state index contributed by atoms with van der Waals surface area (Å²) in [6, 6.07) is 5.59. The summed E-state index contributed by atoms with van der Waals surface area (Å²) >= 11 is 0. The first-order valence-corrected chi connectivity index (χ1v) is 4.94. The van der Waals surface area contributed by atoms with E-state index in [9.17, 15) is 0 Å². The molecule has 0 bridgehead atoms. The fourth-order valence-corrected chi connectivity index (χ4v) is 1.32. The summed E-state index contributed by atoms with van der Waals surface area (Å²) in [7, 11) is 1.59. The molecule has 2 aromatic rings. The van der Waals surface area contributed by atoms with Gasteiger partial charge in [0.15, 0.2) is 0 Å². The number of anilines is 1. The number of pyridine rings is 1. The molecule has 0 aliphatic carbocycles. The summed E-state index contributed by atoms with van der Waals surface area (Å²) in [6.07, 6.45) is 1.69. The van der Waals surface area contributed by atoms with Crippen LogP contribution in [0.15, 0.2) is 28.9 Å². The van der Waals surface area contributed by atoms with Gasteiger partial charge in [-0.25, -0.2) is 4.98 Å². The first-order chi connectivity index (χ1) is 7.78. The molecule has 0 radical (unpaired) electrons. The molecular formula is C11H13N3O2. The molecule has 0 amide bonds. The van der Waals surface area contributed by atoms with Crippen molar-refractivity contribution in [3.8, 4) is 5.88 Å². The van der Waals surface area contributed by atoms with Gasteiger partial charge in [0.1, 0.15) is 11.5 Å². The van der Waals surface area contributed by atoms with Gasteiger partial charge in [-0.15, -0.1) is 0 Å². The van der Waals surface area contributed by atoms with Crippen molar-refractivity contribution in [1.29, 1.82) is 0 Å². The lowest BCUT2D eigenvalue weighted by Crippen LogP contribution is -2.00. The van der Waals surface area contributed by atoms with Crippen molar-refractivity contribution in [2.24, 2.45) is 0 Å². The summed E-state index contributed by atoms with van der Waals surface area (Å²) < 4.78 is 10.00. The number of hydrogen-bond acceptors (Lipinski definition) is 5. The molecule has 2 aromatic heterocycles. The van der Waals surface area contributed by atoms with E-state index in [0.29, 0.717) is 12.4 Å². The van der Waals surface area contributed by atoms with E-state index in [1.54, 1.807) is 13.3 Å². The standard InChI is InChI=1S/C11H13N3O2/c1-8-5-10(14-16-8)7-13-9-3-4-12-11(6-9)15-2/h3-6H,7H2,1-2H3,(H,12,13). The predicted molar refractivity (Wildman–Crippen MR) is 59.4 cm³/mol. The fraction of sp³-hybridized carbons (Fsp3) is 0.273. The Morgan fingerprint density at radius 2 is 2.31 bits per heavy atom. The summed E-state index contributed by atoms with van der Waals surface area (Å²) in [5, 5.41) is 7.10. The molecule has 0 unspecified atom stereocenters. The third-order valence-electron chi connectivity index (χ3n) is 2.09. The van der Waals surface area contributed by atoms with Crippen LogP contribution in [0.25, 0.3) is 0 Å². The molecule has 2 heterocycles. The molecule has 5 heteroatoms. The molecule has 0 saturated carbocycles. The fourth-order valence-electron chi connectivity index (χ4n) is 1.32. The van der Waals surface area contributed by atoms with Gasteiger partial charge in [-0.3, -0.25) is 0 Å². The highest BCUT2D eigenvalue weighted by Gasteiger charge is 2.01. The van der Waals surface area contributed by atoms with Crippen molar-refractivity contribution in [1.82, 2.24) is 10.1 Å². The number of ether oxygens (including phenoxy) is 1. The third-order valence-corrected chi connectivity index (χ3v) is 2.09. The Morgan fingerprint density at radius 3 is 3.00 bits per heavy atom. The van der Waals surface area contributed by atoms with Crippen LogP contribution in [0.4, 0.5) is 5.69 Å². The molecule has 1 N–H and O–H groups in total. The van der Waals surface area contributed by atoms with E-state index < -0.39 is 0 Å². The number of methoxy groups -OCH3 is 1. The van der Waals surface area contributed by atoms with E-state index in [1.807, 2.05) is 25.1 Å². The normalized spacial score (nSPS) is 10.1. The van der Waals surface area contributed by atoms with Crippen LogP contribution in [-0.2, 0) is 6.54 Å². The molecule has 0 aromatic carbocycles. The van der Waals surface area contributed by atoms with E-state index >= 15 is 0 Å². The zero-order valence-corrected chi connectivity index (χ0v) is 9.23. The van der Waals surface area contributed by atoms with Crippen molar-refractivity contribution in [2.75, 3.05) is 12.4 Å². The Balaban J connectivity index is 1.99. The molecule has 16 heavy (non-hydrogen) atoms. The second kappa shape index (κ2) is 4.65. The van der Waals surface area contributed by atoms with Gasteiger partial charge in [-0.1, -0.05) is 5.16 Å². The lowest BCUT2D eigenvalue weighted by atomic mass is 10.3. The number of nitrogens with zero attached hydrogens (tertiary/aromatic N) is 2.